The van der Waals surface area contributed by atoms with Crippen LogP contribution in [0.5, 0.6) is 0 Å². The molecule has 1 amide bonds. The van der Waals surface area contributed by atoms with Gasteiger partial charge in [-0.25, -0.2) is 9.97 Å². The third kappa shape index (κ3) is 5.98. The van der Waals surface area contributed by atoms with Crippen molar-refractivity contribution in [2.24, 2.45) is 0 Å². The molecule has 208 valence electrons. The lowest BCUT2D eigenvalue weighted by Crippen LogP contribution is -2.29. The fraction of sp³-hybridized carbons (Fsp3) is 0.265. The van der Waals surface area contributed by atoms with Crippen molar-refractivity contribution in [1.82, 2.24) is 20.3 Å². The molecule has 3 heterocycles. The molecule has 0 radical (unpaired) electrons. The van der Waals surface area contributed by atoms with Crippen molar-refractivity contribution >= 4 is 34.4 Å². The van der Waals surface area contributed by atoms with E-state index in [1.54, 1.807) is 6.20 Å². The molecular formula is C34H34ClN5O. The maximum atomic E-state index is 13.5. The second kappa shape index (κ2) is 12.1. The van der Waals surface area contributed by atoms with Gasteiger partial charge in [-0.3, -0.25) is 4.79 Å². The molecule has 0 aliphatic carbocycles. The lowest BCUT2D eigenvalue weighted by atomic mass is 10.0. The number of benzene rings is 3. The SMILES string of the molecule is Cc1ccccc1CCc1nc(N2CCCC2c2ccc(Cl)cc2)ncc1C(=O)NCCc1c[nH]c2ccccc12. The third-order valence-corrected chi connectivity index (χ3v) is 8.36. The first-order valence-corrected chi connectivity index (χ1v) is 14.7. The standard InChI is InChI=1S/C34H34ClN5O/c1-23-7-2-3-8-24(23)14-17-31-29(33(41)36-19-18-26-21-37-30-10-5-4-9-28(26)30)22-38-34(39-31)40-20-6-11-32(40)25-12-15-27(35)16-13-25/h2-5,7-10,12-13,15-16,21-22,32,37H,6,11,14,17-20H2,1H3,(H,36,41). The summed E-state index contributed by atoms with van der Waals surface area (Å²) in [5.74, 6) is 0.546. The first-order valence-electron chi connectivity index (χ1n) is 14.3. The highest BCUT2D eigenvalue weighted by Gasteiger charge is 2.29. The molecule has 3 aromatic carbocycles. The van der Waals surface area contributed by atoms with Crippen LogP contribution in [-0.2, 0) is 19.3 Å². The molecule has 6 nitrogen and oxygen atoms in total. The van der Waals surface area contributed by atoms with E-state index in [4.69, 9.17) is 21.6 Å². The number of aryl methyl sites for hydroxylation is 3. The number of carbonyl (C=O) groups excluding carboxylic acids is 1. The summed E-state index contributed by atoms with van der Waals surface area (Å²) in [7, 11) is 0. The molecule has 0 spiro atoms. The largest absolute Gasteiger partial charge is 0.361 e. The predicted molar refractivity (Wildman–Crippen MR) is 166 cm³/mol. The average molecular weight is 564 g/mol. The van der Waals surface area contributed by atoms with Gasteiger partial charge in [0.05, 0.1) is 17.3 Å². The van der Waals surface area contributed by atoms with Crippen molar-refractivity contribution in [2.75, 3.05) is 18.0 Å². The van der Waals surface area contributed by atoms with Gasteiger partial charge in [0.15, 0.2) is 0 Å². The minimum absolute atomic E-state index is 0.133. The summed E-state index contributed by atoms with van der Waals surface area (Å²) >= 11 is 6.15. The van der Waals surface area contributed by atoms with E-state index in [0.717, 1.165) is 48.5 Å². The van der Waals surface area contributed by atoms with Gasteiger partial charge in [0.25, 0.3) is 5.91 Å². The van der Waals surface area contributed by atoms with E-state index in [1.165, 1.54) is 27.6 Å². The fourth-order valence-corrected chi connectivity index (χ4v) is 5.98. The lowest BCUT2D eigenvalue weighted by molar-refractivity contribution is 0.0952. The molecule has 1 atom stereocenters. The van der Waals surface area contributed by atoms with E-state index in [1.807, 2.05) is 30.5 Å². The predicted octanol–water partition coefficient (Wildman–Crippen LogP) is 7.02. The highest BCUT2D eigenvalue weighted by atomic mass is 35.5. The highest BCUT2D eigenvalue weighted by Crippen LogP contribution is 2.35. The lowest BCUT2D eigenvalue weighted by Gasteiger charge is -2.26. The number of carbonyl (C=O) groups is 1. The Kier molecular flexibility index (Phi) is 8.01. The Bertz CT molecular complexity index is 1660. The van der Waals surface area contributed by atoms with Crippen LogP contribution in [0.25, 0.3) is 10.9 Å². The fourth-order valence-electron chi connectivity index (χ4n) is 5.85. The number of hydrogen-bond donors (Lipinski definition) is 2. The molecule has 41 heavy (non-hydrogen) atoms. The molecule has 6 rings (SSSR count). The van der Waals surface area contributed by atoms with E-state index in [0.29, 0.717) is 24.5 Å². The van der Waals surface area contributed by atoms with Crippen LogP contribution >= 0.6 is 11.6 Å². The number of hydrogen-bond acceptors (Lipinski definition) is 4. The van der Waals surface area contributed by atoms with Crippen LogP contribution in [0.15, 0.2) is 85.2 Å². The monoisotopic (exact) mass is 563 g/mol. The Labute approximate surface area is 245 Å². The summed E-state index contributed by atoms with van der Waals surface area (Å²) in [4.78, 5) is 28.8. The van der Waals surface area contributed by atoms with Crippen molar-refractivity contribution < 1.29 is 4.79 Å². The van der Waals surface area contributed by atoms with Gasteiger partial charge in [0.2, 0.25) is 5.95 Å². The Morgan fingerprint density at radius 1 is 1.00 bits per heavy atom. The number of rotatable bonds is 9. The molecule has 7 heteroatoms. The topological polar surface area (TPSA) is 73.9 Å². The maximum Gasteiger partial charge on any atom is 0.254 e. The number of anilines is 1. The number of nitrogens with one attached hydrogen (secondary N) is 2. The Morgan fingerprint density at radius 3 is 2.66 bits per heavy atom. The zero-order valence-electron chi connectivity index (χ0n) is 23.2. The molecule has 0 saturated carbocycles. The van der Waals surface area contributed by atoms with Crippen LogP contribution < -0.4 is 10.2 Å². The van der Waals surface area contributed by atoms with Gasteiger partial charge in [-0.1, -0.05) is 66.2 Å². The van der Waals surface area contributed by atoms with Gasteiger partial charge < -0.3 is 15.2 Å². The molecule has 1 saturated heterocycles. The summed E-state index contributed by atoms with van der Waals surface area (Å²) in [5, 5.41) is 5.04. The number of para-hydroxylation sites is 1. The number of H-pyrrole nitrogens is 1. The second-order valence-corrected chi connectivity index (χ2v) is 11.2. The highest BCUT2D eigenvalue weighted by molar-refractivity contribution is 6.30. The van der Waals surface area contributed by atoms with Crippen molar-refractivity contribution in [3.8, 4) is 0 Å². The van der Waals surface area contributed by atoms with Crippen LogP contribution in [0, 0.1) is 6.92 Å². The Hall–Kier alpha value is -4.16. The zero-order chi connectivity index (χ0) is 28.2. The van der Waals surface area contributed by atoms with Gasteiger partial charge in [-0.2, -0.15) is 0 Å². The third-order valence-electron chi connectivity index (χ3n) is 8.11. The molecule has 1 unspecified atom stereocenters. The van der Waals surface area contributed by atoms with Crippen LogP contribution in [0.2, 0.25) is 5.02 Å². The van der Waals surface area contributed by atoms with Crippen LogP contribution in [0.3, 0.4) is 0 Å². The van der Waals surface area contributed by atoms with E-state index < -0.39 is 0 Å². The maximum absolute atomic E-state index is 13.5. The number of aromatic amines is 1. The van der Waals surface area contributed by atoms with E-state index in [2.05, 4.69) is 70.7 Å². The molecule has 1 aliphatic rings. The van der Waals surface area contributed by atoms with Crippen LogP contribution in [-0.4, -0.2) is 33.9 Å². The number of amides is 1. The molecule has 0 bridgehead atoms. The summed E-state index contributed by atoms with van der Waals surface area (Å²) < 4.78 is 0. The van der Waals surface area contributed by atoms with Gasteiger partial charge in [-0.05, 0) is 79.5 Å². The average Bonchev–Trinajstić information content (AvgIpc) is 3.65. The smallest absolute Gasteiger partial charge is 0.254 e. The van der Waals surface area contributed by atoms with Crippen molar-refractivity contribution in [1.29, 1.82) is 0 Å². The minimum Gasteiger partial charge on any atom is -0.361 e. The molecule has 2 N–H and O–H groups in total. The summed E-state index contributed by atoms with van der Waals surface area (Å²) in [5.41, 5.74) is 7.33. The van der Waals surface area contributed by atoms with Crippen LogP contribution in [0.1, 0.15) is 57.2 Å². The number of aromatic nitrogens is 3. The number of fused-ring (bicyclic) bond motifs is 1. The summed E-state index contributed by atoms with van der Waals surface area (Å²) in [6.07, 6.45) is 8.03. The first-order chi connectivity index (χ1) is 20.1. The van der Waals surface area contributed by atoms with E-state index >= 15 is 0 Å². The Balaban J connectivity index is 1.23. The molecule has 1 fully saturated rings. The molecule has 2 aromatic heterocycles. The zero-order valence-corrected chi connectivity index (χ0v) is 24.0. The molecule has 5 aromatic rings. The minimum atomic E-state index is -0.133. The molecular weight excluding hydrogens is 530 g/mol. The van der Waals surface area contributed by atoms with Crippen molar-refractivity contribution in [3.05, 3.63) is 124 Å². The molecule has 1 aliphatic heterocycles. The number of halogens is 1. The van der Waals surface area contributed by atoms with E-state index in [-0.39, 0.29) is 11.9 Å². The van der Waals surface area contributed by atoms with Gasteiger partial charge in [0, 0.05) is 41.4 Å². The van der Waals surface area contributed by atoms with E-state index in [9.17, 15) is 4.79 Å². The first kappa shape index (κ1) is 27.0. The van der Waals surface area contributed by atoms with Crippen molar-refractivity contribution in [3.63, 3.8) is 0 Å². The number of nitrogens with zero attached hydrogens (tertiary/aromatic N) is 3. The van der Waals surface area contributed by atoms with Crippen LogP contribution in [0.4, 0.5) is 5.95 Å². The van der Waals surface area contributed by atoms with Gasteiger partial charge in [-0.15, -0.1) is 0 Å². The van der Waals surface area contributed by atoms with Crippen molar-refractivity contribution in [2.45, 2.75) is 45.1 Å². The Morgan fingerprint density at radius 2 is 1.80 bits per heavy atom. The summed E-state index contributed by atoms with van der Waals surface area (Å²) in [6, 6.07) is 24.8. The second-order valence-electron chi connectivity index (χ2n) is 10.7. The quantitative estimate of drug-likeness (QED) is 0.202. The van der Waals surface area contributed by atoms with Gasteiger partial charge in [0.1, 0.15) is 0 Å². The normalized spacial score (nSPS) is 15.0. The summed E-state index contributed by atoms with van der Waals surface area (Å²) in [6.45, 7) is 3.53. The van der Waals surface area contributed by atoms with Gasteiger partial charge >= 0.3 is 0 Å².